The summed E-state index contributed by atoms with van der Waals surface area (Å²) < 4.78 is 5.72. The zero-order valence-electron chi connectivity index (χ0n) is 12.0. The topological polar surface area (TPSA) is 61.2 Å². The molecule has 0 saturated carbocycles. The SMILES string of the molecule is CN(CC1CNCCO1)c1cc(C#N)c2ccccc2n1. The Morgan fingerprint density at radius 1 is 1.48 bits per heavy atom. The molecule has 2 heterocycles. The highest BCUT2D eigenvalue weighted by atomic mass is 16.5. The average Bonchev–Trinajstić information content (AvgIpc) is 2.54. The van der Waals surface area contributed by atoms with Gasteiger partial charge in [0, 0.05) is 32.1 Å². The lowest BCUT2D eigenvalue weighted by atomic mass is 10.1. The van der Waals surface area contributed by atoms with Gasteiger partial charge in [-0.25, -0.2) is 4.98 Å². The Morgan fingerprint density at radius 3 is 3.10 bits per heavy atom. The van der Waals surface area contributed by atoms with Crippen LogP contribution in [0.2, 0.25) is 0 Å². The van der Waals surface area contributed by atoms with Crippen LogP contribution < -0.4 is 10.2 Å². The molecule has 1 aromatic heterocycles. The highest BCUT2D eigenvalue weighted by Crippen LogP contribution is 2.22. The molecule has 5 heteroatoms. The maximum absolute atomic E-state index is 9.33. The number of likely N-dealkylation sites (N-methyl/N-ethyl adjacent to an activating group) is 1. The number of nitrogens with one attached hydrogen (secondary N) is 1. The van der Waals surface area contributed by atoms with Gasteiger partial charge < -0.3 is 15.0 Å². The van der Waals surface area contributed by atoms with E-state index in [1.54, 1.807) is 0 Å². The van der Waals surface area contributed by atoms with E-state index in [1.807, 2.05) is 42.3 Å². The van der Waals surface area contributed by atoms with Gasteiger partial charge >= 0.3 is 0 Å². The third kappa shape index (κ3) is 2.97. The van der Waals surface area contributed by atoms with Gasteiger partial charge in [-0.1, -0.05) is 18.2 Å². The molecule has 1 atom stereocenters. The van der Waals surface area contributed by atoms with Gasteiger partial charge in [0.25, 0.3) is 0 Å². The van der Waals surface area contributed by atoms with Crippen LogP contribution in [-0.2, 0) is 4.74 Å². The third-order valence-electron chi connectivity index (χ3n) is 3.70. The minimum atomic E-state index is 0.155. The highest BCUT2D eigenvalue weighted by Gasteiger charge is 2.17. The summed E-state index contributed by atoms with van der Waals surface area (Å²) in [5, 5.41) is 13.5. The standard InChI is InChI=1S/C16H18N4O/c1-20(11-13-10-18-6-7-21-13)16-8-12(9-17)14-4-2-3-5-15(14)19-16/h2-5,8,13,18H,6-7,10-11H2,1H3. The predicted octanol–water partition coefficient (Wildman–Crippen LogP) is 1.53. The van der Waals surface area contributed by atoms with Gasteiger partial charge in [0.1, 0.15) is 5.82 Å². The van der Waals surface area contributed by atoms with Crippen LogP contribution in [0.3, 0.4) is 0 Å². The summed E-state index contributed by atoms with van der Waals surface area (Å²) in [7, 11) is 1.98. The first-order valence-corrected chi connectivity index (χ1v) is 7.11. The molecule has 1 N–H and O–H groups in total. The van der Waals surface area contributed by atoms with Crippen LogP contribution in [0.15, 0.2) is 30.3 Å². The van der Waals surface area contributed by atoms with Crippen LogP contribution in [0.5, 0.6) is 0 Å². The molecule has 0 radical (unpaired) electrons. The molecule has 1 aromatic carbocycles. The Hall–Kier alpha value is -2.16. The number of nitriles is 1. The van der Waals surface area contributed by atoms with Crippen LogP contribution in [0, 0.1) is 11.3 Å². The minimum absolute atomic E-state index is 0.155. The molecule has 2 aromatic rings. The molecule has 1 aliphatic heterocycles. The molecule has 1 fully saturated rings. The van der Waals surface area contributed by atoms with E-state index in [9.17, 15) is 5.26 Å². The monoisotopic (exact) mass is 282 g/mol. The molecule has 0 amide bonds. The summed E-state index contributed by atoms with van der Waals surface area (Å²) in [6, 6.07) is 11.8. The molecule has 108 valence electrons. The lowest BCUT2D eigenvalue weighted by Gasteiger charge is -2.28. The molecule has 1 aliphatic rings. The summed E-state index contributed by atoms with van der Waals surface area (Å²) in [4.78, 5) is 6.69. The number of aromatic nitrogens is 1. The van der Waals surface area contributed by atoms with Crippen LogP contribution in [0.25, 0.3) is 10.9 Å². The number of hydrogen-bond acceptors (Lipinski definition) is 5. The van der Waals surface area contributed by atoms with Crippen molar-refractivity contribution in [3.63, 3.8) is 0 Å². The van der Waals surface area contributed by atoms with Crippen molar-refractivity contribution in [1.29, 1.82) is 5.26 Å². The molecular formula is C16H18N4O. The van der Waals surface area contributed by atoms with Gasteiger partial charge in [-0.2, -0.15) is 5.26 Å². The fraction of sp³-hybridized carbons (Fsp3) is 0.375. The number of nitrogens with zero attached hydrogens (tertiary/aromatic N) is 3. The Bertz CT molecular complexity index is 674. The second-order valence-electron chi connectivity index (χ2n) is 5.23. The second kappa shape index (κ2) is 6.08. The van der Waals surface area contributed by atoms with Crippen molar-refractivity contribution in [2.24, 2.45) is 0 Å². The van der Waals surface area contributed by atoms with Crippen molar-refractivity contribution in [3.8, 4) is 6.07 Å². The van der Waals surface area contributed by atoms with Crippen LogP contribution in [-0.4, -0.2) is 44.4 Å². The summed E-state index contributed by atoms with van der Waals surface area (Å²) >= 11 is 0. The number of ether oxygens (including phenoxy) is 1. The van der Waals surface area contributed by atoms with E-state index >= 15 is 0 Å². The predicted molar refractivity (Wildman–Crippen MR) is 82.3 cm³/mol. The Balaban J connectivity index is 1.87. The molecule has 1 saturated heterocycles. The zero-order chi connectivity index (χ0) is 14.7. The Morgan fingerprint density at radius 2 is 2.33 bits per heavy atom. The fourth-order valence-electron chi connectivity index (χ4n) is 2.59. The lowest BCUT2D eigenvalue weighted by molar-refractivity contribution is 0.0339. The minimum Gasteiger partial charge on any atom is -0.374 e. The van der Waals surface area contributed by atoms with Gasteiger partial charge in [0.05, 0.1) is 29.9 Å². The van der Waals surface area contributed by atoms with Gasteiger partial charge in [0.2, 0.25) is 0 Å². The molecular weight excluding hydrogens is 264 g/mol. The first kappa shape index (κ1) is 13.8. The molecule has 21 heavy (non-hydrogen) atoms. The normalized spacial score (nSPS) is 18.4. The molecule has 1 unspecified atom stereocenters. The molecule has 0 bridgehead atoms. The summed E-state index contributed by atoms with van der Waals surface area (Å²) in [6.07, 6.45) is 0.155. The molecule has 5 nitrogen and oxygen atoms in total. The van der Waals surface area contributed by atoms with Gasteiger partial charge in [-0.15, -0.1) is 0 Å². The van der Waals surface area contributed by atoms with Gasteiger partial charge in [0.15, 0.2) is 0 Å². The van der Waals surface area contributed by atoms with Crippen molar-refractivity contribution < 1.29 is 4.74 Å². The molecule has 0 spiro atoms. The van der Waals surface area contributed by atoms with Gasteiger partial charge in [-0.3, -0.25) is 0 Å². The van der Waals surface area contributed by atoms with E-state index in [0.29, 0.717) is 5.56 Å². The van der Waals surface area contributed by atoms with Crippen molar-refractivity contribution >= 4 is 16.7 Å². The number of fused-ring (bicyclic) bond motifs is 1. The van der Waals surface area contributed by atoms with E-state index in [0.717, 1.165) is 43.0 Å². The highest BCUT2D eigenvalue weighted by molar-refractivity contribution is 5.86. The fourth-order valence-corrected chi connectivity index (χ4v) is 2.59. The maximum atomic E-state index is 9.33. The van der Waals surface area contributed by atoms with E-state index in [-0.39, 0.29) is 6.10 Å². The zero-order valence-corrected chi connectivity index (χ0v) is 12.0. The second-order valence-corrected chi connectivity index (χ2v) is 5.23. The average molecular weight is 282 g/mol. The number of anilines is 1. The maximum Gasteiger partial charge on any atom is 0.130 e. The number of benzene rings is 1. The molecule has 3 rings (SSSR count). The number of hydrogen-bond donors (Lipinski definition) is 1. The summed E-state index contributed by atoms with van der Waals surface area (Å²) in [5.41, 5.74) is 1.51. The van der Waals surface area contributed by atoms with E-state index in [1.165, 1.54) is 0 Å². The van der Waals surface area contributed by atoms with Crippen molar-refractivity contribution in [1.82, 2.24) is 10.3 Å². The van der Waals surface area contributed by atoms with Crippen molar-refractivity contribution in [3.05, 3.63) is 35.9 Å². The third-order valence-corrected chi connectivity index (χ3v) is 3.70. The van der Waals surface area contributed by atoms with Crippen molar-refractivity contribution in [2.75, 3.05) is 38.2 Å². The first-order chi connectivity index (χ1) is 10.3. The lowest BCUT2D eigenvalue weighted by Crippen LogP contribution is -2.44. The largest absolute Gasteiger partial charge is 0.374 e. The number of para-hydroxylation sites is 1. The Kier molecular flexibility index (Phi) is 4.00. The summed E-state index contributed by atoms with van der Waals surface area (Å²) in [5.74, 6) is 0.805. The van der Waals surface area contributed by atoms with E-state index in [2.05, 4.69) is 16.4 Å². The number of pyridine rings is 1. The first-order valence-electron chi connectivity index (χ1n) is 7.11. The molecule has 0 aliphatic carbocycles. The van der Waals surface area contributed by atoms with Crippen LogP contribution in [0.4, 0.5) is 5.82 Å². The summed E-state index contributed by atoms with van der Waals surface area (Å²) in [6.45, 7) is 3.26. The van der Waals surface area contributed by atoms with Crippen LogP contribution >= 0.6 is 0 Å². The smallest absolute Gasteiger partial charge is 0.130 e. The van der Waals surface area contributed by atoms with Crippen LogP contribution in [0.1, 0.15) is 5.56 Å². The number of morpholine rings is 1. The van der Waals surface area contributed by atoms with Crippen molar-refractivity contribution in [2.45, 2.75) is 6.10 Å². The quantitative estimate of drug-likeness (QED) is 0.925. The van der Waals surface area contributed by atoms with Gasteiger partial charge in [-0.05, 0) is 12.1 Å². The van der Waals surface area contributed by atoms with E-state index in [4.69, 9.17) is 4.74 Å². The Labute approximate surface area is 124 Å². The number of rotatable bonds is 3. The van der Waals surface area contributed by atoms with E-state index < -0.39 is 0 Å².